The van der Waals surface area contributed by atoms with E-state index in [1.165, 1.54) is 21.3 Å². The molecule has 13 heavy (non-hydrogen) atoms. The minimum absolute atomic E-state index is 0.783. The highest BCUT2D eigenvalue weighted by molar-refractivity contribution is 6.53. The number of hydrogen-bond acceptors (Lipinski definition) is 5. The van der Waals surface area contributed by atoms with E-state index in [0.717, 1.165) is 0 Å². The van der Waals surface area contributed by atoms with Gasteiger partial charge in [-0.25, -0.2) is 0 Å². The lowest BCUT2D eigenvalue weighted by molar-refractivity contribution is -0.186. The van der Waals surface area contributed by atoms with E-state index in [4.69, 9.17) is 22.4 Å². The highest BCUT2D eigenvalue weighted by atomic mass is 28.4. The molecule has 0 atom stereocenters. The van der Waals surface area contributed by atoms with Gasteiger partial charge in [0.25, 0.3) is 0 Å². The summed E-state index contributed by atoms with van der Waals surface area (Å²) in [6.07, 6.45) is 0. The Hall–Kier alpha value is 0.0169. The molecule has 0 saturated carbocycles. The number of hydrogen-bond donors (Lipinski definition) is 0. The van der Waals surface area contributed by atoms with E-state index < -0.39 is 14.8 Å². The van der Waals surface area contributed by atoms with Crippen LogP contribution in [0.3, 0.4) is 0 Å². The Kier molecular flexibility index (Phi) is 5.04. The number of ether oxygens (including phenoxy) is 1. The Labute approximate surface area is 80.4 Å². The second-order valence-corrected chi connectivity index (χ2v) is 5.25. The van der Waals surface area contributed by atoms with E-state index in [1.807, 2.05) is 0 Å². The quantitative estimate of drug-likeness (QED) is 0.478. The molecular weight excluding hydrogens is 192 g/mol. The third-order valence-corrected chi connectivity index (χ3v) is 3.85. The molecule has 5 nitrogen and oxygen atoms in total. The Morgan fingerprint density at radius 1 is 0.846 bits per heavy atom. The first kappa shape index (κ1) is 13.0. The minimum Gasteiger partial charge on any atom is -0.355 e. The first-order valence-corrected chi connectivity index (χ1v) is 5.49. The van der Waals surface area contributed by atoms with Gasteiger partial charge in [0.2, 0.25) is 0 Å². The lowest BCUT2D eigenvalue weighted by atomic mass is 10.4. The van der Waals surface area contributed by atoms with E-state index in [-0.39, 0.29) is 0 Å². The van der Waals surface area contributed by atoms with Crippen molar-refractivity contribution in [2.75, 3.05) is 28.4 Å². The largest absolute Gasteiger partial charge is 0.681 e. The minimum atomic E-state index is -3.00. The van der Waals surface area contributed by atoms with Gasteiger partial charge in [0.05, 0.1) is 0 Å². The normalized spacial score (nSPS) is 13.4. The van der Waals surface area contributed by atoms with Crippen LogP contribution < -0.4 is 0 Å². The summed E-state index contributed by atoms with van der Waals surface area (Å²) in [7, 11) is 2.97. The maximum atomic E-state index is 5.47. The van der Waals surface area contributed by atoms with Crippen molar-refractivity contribution in [2.45, 2.75) is 19.6 Å². The van der Waals surface area contributed by atoms with E-state index in [1.54, 1.807) is 21.0 Å². The average Bonchev–Trinajstić information content (AvgIpc) is 2.14. The Morgan fingerprint density at radius 3 is 1.46 bits per heavy atom. The molecule has 0 N–H and O–H groups in total. The summed E-state index contributed by atoms with van der Waals surface area (Å²) >= 11 is 0. The Bertz CT molecular complexity index is 138. The molecule has 0 aliphatic carbocycles. The summed E-state index contributed by atoms with van der Waals surface area (Å²) in [6, 6.07) is 0. The average molecular weight is 210 g/mol. The fourth-order valence-corrected chi connectivity index (χ4v) is 2.15. The first-order chi connectivity index (χ1) is 5.95. The van der Waals surface area contributed by atoms with Crippen LogP contribution in [0.15, 0.2) is 0 Å². The zero-order chi connectivity index (χ0) is 10.5. The lowest BCUT2D eigenvalue weighted by Crippen LogP contribution is -2.52. The highest BCUT2D eigenvalue weighted by Gasteiger charge is 2.47. The zero-order valence-electron chi connectivity index (χ0n) is 9.04. The molecule has 6 heteroatoms. The van der Waals surface area contributed by atoms with E-state index in [0.29, 0.717) is 0 Å². The molecule has 0 unspecified atom stereocenters. The highest BCUT2D eigenvalue weighted by Crippen LogP contribution is 2.19. The van der Waals surface area contributed by atoms with E-state index in [9.17, 15) is 0 Å². The van der Waals surface area contributed by atoms with Gasteiger partial charge in [-0.3, -0.25) is 0 Å². The van der Waals surface area contributed by atoms with Crippen LogP contribution in [0.25, 0.3) is 0 Å². The second-order valence-electron chi connectivity index (χ2n) is 2.82. The molecule has 0 saturated heterocycles. The molecule has 0 radical (unpaired) electrons. The predicted molar refractivity (Wildman–Crippen MR) is 49.0 cm³/mol. The third-order valence-electron chi connectivity index (χ3n) is 1.61. The maximum absolute atomic E-state index is 5.47. The monoisotopic (exact) mass is 210 g/mol. The van der Waals surface area contributed by atoms with Gasteiger partial charge in [-0.05, 0) is 13.8 Å². The van der Waals surface area contributed by atoms with Gasteiger partial charge in [0.15, 0.2) is 5.79 Å². The SMILES string of the molecule is COC(C)(C)O[Si](OC)(OC)OC. The Morgan fingerprint density at radius 2 is 1.23 bits per heavy atom. The van der Waals surface area contributed by atoms with Gasteiger partial charge < -0.3 is 22.4 Å². The summed E-state index contributed by atoms with van der Waals surface area (Å²) in [5.74, 6) is -0.783. The number of methoxy groups -OCH3 is 1. The predicted octanol–water partition coefficient (Wildman–Crippen LogP) is 0.760. The lowest BCUT2D eigenvalue weighted by Gasteiger charge is -2.32. The molecule has 0 aromatic carbocycles. The van der Waals surface area contributed by atoms with Crippen molar-refractivity contribution in [3.8, 4) is 0 Å². The van der Waals surface area contributed by atoms with Gasteiger partial charge >= 0.3 is 9.05 Å². The third kappa shape index (κ3) is 3.71. The van der Waals surface area contributed by atoms with Crippen LogP contribution in [0.4, 0.5) is 0 Å². The van der Waals surface area contributed by atoms with Gasteiger partial charge in [-0.1, -0.05) is 0 Å². The molecule has 0 fully saturated rings. The van der Waals surface area contributed by atoms with Crippen LogP contribution >= 0.6 is 0 Å². The molecule has 0 spiro atoms. The van der Waals surface area contributed by atoms with Gasteiger partial charge in [0, 0.05) is 28.4 Å². The molecule has 0 aromatic rings. The van der Waals surface area contributed by atoms with Crippen LogP contribution in [0.2, 0.25) is 0 Å². The molecule has 0 heterocycles. The maximum Gasteiger partial charge on any atom is 0.681 e. The van der Waals surface area contributed by atoms with Gasteiger partial charge in [-0.15, -0.1) is 0 Å². The molecule has 80 valence electrons. The zero-order valence-corrected chi connectivity index (χ0v) is 10.0. The summed E-state index contributed by atoms with van der Waals surface area (Å²) < 4.78 is 25.7. The van der Waals surface area contributed by atoms with Gasteiger partial charge in [-0.2, -0.15) is 0 Å². The van der Waals surface area contributed by atoms with Crippen LogP contribution in [0, 0.1) is 0 Å². The van der Waals surface area contributed by atoms with Crippen LogP contribution in [-0.4, -0.2) is 43.3 Å². The van der Waals surface area contributed by atoms with Crippen molar-refractivity contribution in [1.82, 2.24) is 0 Å². The molecule has 0 aliphatic heterocycles. The first-order valence-electron chi connectivity index (χ1n) is 3.86. The van der Waals surface area contributed by atoms with Crippen LogP contribution in [0.1, 0.15) is 13.8 Å². The molecule has 0 amide bonds. The topological polar surface area (TPSA) is 46.2 Å². The van der Waals surface area contributed by atoms with Crippen molar-refractivity contribution in [1.29, 1.82) is 0 Å². The summed E-state index contributed by atoms with van der Waals surface area (Å²) in [4.78, 5) is 0. The van der Waals surface area contributed by atoms with Gasteiger partial charge in [0.1, 0.15) is 0 Å². The van der Waals surface area contributed by atoms with E-state index >= 15 is 0 Å². The molecule has 0 aromatic heterocycles. The van der Waals surface area contributed by atoms with Crippen LogP contribution in [0.5, 0.6) is 0 Å². The molecule has 0 aliphatic rings. The molecule has 0 rings (SSSR count). The molecule has 0 bridgehead atoms. The molecular formula is C7H18O5Si. The fourth-order valence-electron chi connectivity index (χ4n) is 0.718. The number of rotatable bonds is 6. The standard InChI is InChI=1S/C7H18O5Si/c1-7(2,8-3)12-13(9-4,10-5)11-6/h1-6H3. The van der Waals surface area contributed by atoms with Crippen molar-refractivity contribution >= 4 is 9.05 Å². The fraction of sp³-hybridized carbons (Fsp3) is 1.00. The summed E-state index contributed by atoms with van der Waals surface area (Å²) in [6.45, 7) is 3.51. The Balaban J connectivity index is 4.41. The summed E-state index contributed by atoms with van der Waals surface area (Å²) in [5, 5.41) is 0. The smallest absolute Gasteiger partial charge is 0.355 e. The van der Waals surface area contributed by atoms with Crippen molar-refractivity contribution < 1.29 is 22.4 Å². The summed E-state index contributed by atoms with van der Waals surface area (Å²) in [5.41, 5.74) is 0. The van der Waals surface area contributed by atoms with Crippen LogP contribution in [-0.2, 0) is 22.4 Å². The van der Waals surface area contributed by atoms with Crippen molar-refractivity contribution in [3.63, 3.8) is 0 Å². The second kappa shape index (κ2) is 5.04. The van der Waals surface area contributed by atoms with Crippen molar-refractivity contribution in [3.05, 3.63) is 0 Å². The van der Waals surface area contributed by atoms with E-state index in [2.05, 4.69) is 0 Å². The van der Waals surface area contributed by atoms with Crippen molar-refractivity contribution in [2.24, 2.45) is 0 Å².